The molecule has 0 aromatic heterocycles. The fourth-order valence-electron chi connectivity index (χ4n) is 2.54. The van der Waals surface area contributed by atoms with Gasteiger partial charge in [0.2, 0.25) is 0 Å². The molecule has 0 aromatic carbocycles. The van der Waals surface area contributed by atoms with Crippen LogP contribution in [0.25, 0.3) is 0 Å². The van der Waals surface area contributed by atoms with Gasteiger partial charge in [-0.15, -0.1) is 0 Å². The van der Waals surface area contributed by atoms with Gasteiger partial charge in [0.1, 0.15) is 0 Å². The van der Waals surface area contributed by atoms with Crippen molar-refractivity contribution in [1.29, 1.82) is 0 Å². The average molecular weight is 271 g/mol. The van der Waals surface area contributed by atoms with Crippen molar-refractivity contribution in [1.82, 2.24) is 18.7 Å². The van der Waals surface area contributed by atoms with Gasteiger partial charge in [-0.25, -0.2) is 0 Å². The molecule has 0 atom stereocenters. The predicted molar refractivity (Wildman–Crippen MR) is 76.8 cm³/mol. The summed E-state index contributed by atoms with van der Waals surface area (Å²) < 4.78 is 8.85. The molecule has 0 radical (unpaired) electrons. The van der Waals surface area contributed by atoms with Gasteiger partial charge >= 0.3 is 106 Å². The van der Waals surface area contributed by atoms with Crippen molar-refractivity contribution in [2.45, 2.75) is 13.8 Å². The van der Waals surface area contributed by atoms with Crippen molar-refractivity contribution in [2.75, 3.05) is 55.4 Å². The van der Waals surface area contributed by atoms with Gasteiger partial charge in [-0.2, -0.15) is 0 Å². The summed E-state index contributed by atoms with van der Waals surface area (Å²) in [5.41, 5.74) is 0. The zero-order valence-electron chi connectivity index (χ0n) is 12.0. The molecule has 0 saturated heterocycles. The molecular formula is C10H28ClN4P. The van der Waals surface area contributed by atoms with Crippen LogP contribution in [-0.2, 0) is 0 Å². The van der Waals surface area contributed by atoms with Gasteiger partial charge in [0.05, 0.1) is 0 Å². The first-order valence-corrected chi connectivity index (χ1v) is 8.65. The fourth-order valence-corrected chi connectivity index (χ4v) is 7.82. The second kappa shape index (κ2) is 5.47. The molecular weight excluding hydrogens is 243 g/mol. The van der Waals surface area contributed by atoms with E-state index in [0.29, 0.717) is 0 Å². The van der Waals surface area contributed by atoms with Crippen LogP contribution in [-0.4, -0.2) is 74.1 Å². The molecule has 0 unspecified atom stereocenters. The Labute approximate surface area is 106 Å². The van der Waals surface area contributed by atoms with E-state index < -0.39 is 6.56 Å². The number of rotatable bonds is 6. The first-order chi connectivity index (χ1) is 7.17. The van der Waals surface area contributed by atoms with Gasteiger partial charge in [-0.3, -0.25) is 0 Å². The van der Waals surface area contributed by atoms with Crippen LogP contribution < -0.4 is 0 Å². The zero-order chi connectivity index (χ0) is 13.2. The molecule has 0 rings (SSSR count). The standard InChI is InChI=1S/C10H28ClN4P/c1-9-15(10-2)16(11,12(3)4,13(5)6)14(7)8/h9-10H2,1-8H3. The van der Waals surface area contributed by atoms with Crippen molar-refractivity contribution in [3.63, 3.8) is 0 Å². The van der Waals surface area contributed by atoms with Crippen LogP contribution in [0.1, 0.15) is 13.8 Å². The van der Waals surface area contributed by atoms with Crippen molar-refractivity contribution in [2.24, 2.45) is 0 Å². The number of nitrogens with zero attached hydrogens (tertiary/aromatic N) is 4. The van der Waals surface area contributed by atoms with Crippen molar-refractivity contribution >= 4 is 17.8 Å². The number of halogens is 1. The van der Waals surface area contributed by atoms with Gasteiger partial charge in [0.25, 0.3) is 0 Å². The summed E-state index contributed by atoms with van der Waals surface area (Å²) >= 11 is 7.20. The van der Waals surface area contributed by atoms with Gasteiger partial charge in [0, 0.05) is 0 Å². The third kappa shape index (κ3) is 2.00. The average Bonchev–Trinajstić information content (AvgIpc) is 2.17. The van der Waals surface area contributed by atoms with E-state index in [1.54, 1.807) is 0 Å². The molecule has 0 aliphatic heterocycles. The summed E-state index contributed by atoms with van der Waals surface area (Å²) in [6.45, 7) is 3.35. The van der Waals surface area contributed by atoms with Crippen LogP contribution in [0.5, 0.6) is 0 Å². The van der Waals surface area contributed by atoms with Crippen LogP contribution in [0.15, 0.2) is 0 Å². The summed E-state index contributed by atoms with van der Waals surface area (Å²) in [4.78, 5) is 0. The van der Waals surface area contributed by atoms with Crippen molar-refractivity contribution in [3.05, 3.63) is 0 Å². The monoisotopic (exact) mass is 270 g/mol. The van der Waals surface area contributed by atoms with E-state index in [-0.39, 0.29) is 0 Å². The molecule has 100 valence electrons. The second-order valence-electron chi connectivity index (χ2n) is 4.52. The van der Waals surface area contributed by atoms with Crippen LogP contribution in [0.2, 0.25) is 0 Å². The van der Waals surface area contributed by atoms with Gasteiger partial charge in [0.15, 0.2) is 0 Å². The second-order valence-corrected chi connectivity index (χ2v) is 11.0. The van der Waals surface area contributed by atoms with E-state index in [0.717, 1.165) is 13.1 Å². The summed E-state index contributed by atoms with van der Waals surface area (Å²) in [7, 11) is 12.4. The Hall–Kier alpha value is 0.560. The van der Waals surface area contributed by atoms with E-state index in [1.165, 1.54) is 0 Å². The number of hydrogen-bond donors (Lipinski definition) is 0. The Morgan fingerprint density at radius 1 is 0.750 bits per heavy atom. The Morgan fingerprint density at radius 3 is 1.06 bits per heavy atom. The van der Waals surface area contributed by atoms with E-state index in [4.69, 9.17) is 11.2 Å². The Balaban J connectivity index is 5.81. The van der Waals surface area contributed by atoms with Crippen molar-refractivity contribution < 1.29 is 0 Å². The Bertz CT molecular complexity index is 204. The molecule has 0 heterocycles. The quantitative estimate of drug-likeness (QED) is 0.687. The summed E-state index contributed by atoms with van der Waals surface area (Å²) in [6.07, 6.45) is 0. The van der Waals surface area contributed by atoms with Crippen molar-refractivity contribution in [3.8, 4) is 0 Å². The zero-order valence-corrected chi connectivity index (χ0v) is 13.7. The molecule has 0 N–H and O–H groups in total. The molecule has 6 heteroatoms. The molecule has 0 saturated carbocycles. The third-order valence-electron chi connectivity index (χ3n) is 3.28. The topological polar surface area (TPSA) is 13.0 Å². The molecule has 0 aliphatic carbocycles. The van der Waals surface area contributed by atoms with Gasteiger partial charge in [-0.05, 0) is 0 Å². The van der Waals surface area contributed by atoms with E-state index in [1.807, 2.05) is 0 Å². The predicted octanol–water partition coefficient (Wildman–Crippen LogP) is 2.38. The van der Waals surface area contributed by atoms with Crippen LogP contribution in [0.3, 0.4) is 0 Å². The molecule has 0 bridgehead atoms. The molecule has 0 aliphatic rings. The maximum atomic E-state index is 7.20. The van der Waals surface area contributed by atoms with Crippen LogP contribution in [0, 0.1) is 0 Å². The summed E-state index contributed by atoms with van der Waals surface area (Å²) in [5, 5.41) is 0. The van der Waals surface area contributed by atoms with E-state index in [2.05, 4.69) is 74.8 Å². The van der Waals surface area contributed by atoms with E-state index >= 15 is 0 Å². The first-order valence-electron chi connectivity index (χ1n) is 5.70. The summed E-state index contributed by atoms with van der Waals surface area (Å²) in [6, 6.07) is 0. The first kappa shape index (κ1) is 16.6. The molecule has 0 fully saturated rings. The Kier molecular flexibility index (Phi) is 5.66. The molecule has 16 heavy (non-hydrogen) atoms. The third-order valence-corrected chi connectivity index (χ3v) is 12.3. The number of hydrogen-bond acceptors (Lipinski definition) is 4. The summed E-state index contributed by atoms with van der Waals surface area (Å²) in [5.74, 6) is 0. The van der Waals surface area contributed by atoms with Crippen LogP contribution >= 0.6 is 17.8 Å². The normalized spacial score (nSPS) is 16.2. The maximum absolute atomic E-state index is 7.20. The van der Waals surface area contributed by atoms with Gasteiger partial charge in [-0.1, -0.05) is 0 Å². The minimum atomic E-state index is -2.84. The SMILES string of the molecule is CCN(CC)P(Cl)(N(C)C)(N(C)C)N(C)C. The van der Waals surface area contributed by atoms with E-state index in [9.17, 15) is 0 Å². The fraction of sp³-hybridized carbons (Fsp3) is 1.00. The van der Waals surface area contributed by atoms with Crippen LogP contribution in [0.4, 0.5) is 0 Å². The molecule has 0 aromatic rings. The molecule has 4 nitrogen and oxygen atoms in total. The Morgan fingerprint density at radius 2 is 1.00 bits per heavy atom. The minimum absolute atomic E-state index is 0.937. The molecule has 0 amide bonds. The van der Waals surface area contributed by atoms with Gasteiger partial charge < -0.3 is 0 Å². The molecule has 0 spiro atoms.